The molecule has 1 rings (SSSR count). The fourth-order valence-electron chi connectivity index (χ4n) is 1.72. The highest BCUT2D eigenvalue weighted by Crippen LogP contribution is 2.03. The Morgan fingerprint density at radius 3 is 2.87 bits per heavy atom. The van der Waals surface area contributed by atoms with Crippen LogP contribution in [0.25, 0.3) is 0 Å². The van der Waals surface area contributed by atoms with Crippen LogP contribution >= 0.6 is 0 Å². The van der Waals surface area contributed by atoms with Gasteiger partial charge in [0.2, 0.25) is 0 Å². The number of unbranched alkanes of at least 4 members (excludes halogenated alkanes) is 1. The lowest BCUT2D eigenvalue weighted by atomic mass is 10.1. The largest absolute Gasteiger partial charge is 0.312 e. The van der Waals surface area contributed by atoms with Crippen molar-refractivity contribution in [1.29, 1.82) is 0 Å². The van der Waals surface area contributed by atoms with E-state index in [1.165, 1.54) is 25.7 Å². The molecule has 0 aliphatic carbocycles. The number of nitrogens with one attached hydrogen (secondary N) is 1. The van der Waals surface area contributed by atoms with Crippen molar-refractivity contribution in [1.82, 2.24) is 15.1 Å². The zero-order valence-electron chi connectivity index (χ0n) is 9.95. The molecule has 1 aromatic heterocycles. The topological polar surface area (TPSA) is 29.9 Å². The van der Waals surface area contributed by atoms with Gasteiger partial charge in [0.05, 0.1) is 6.54 Å². The lowest BCUT2D eigenvalue weighted by molar-refractivity contribution is 0.431. The first kappa shape index (κ1) is 12.2. The Hall–Kier alpha value is -0.830. The van der Waals surface area contributed by atoms with E-state index in [9.17, 15) is 0 Å². The van der Waals surface area contributed by atoms with Crippen molar-refractivity contribution in [2.45, 2.75) is 52.1 Å². The quantitative estimate of drug-likeness (QED) is 0.712. The van der Waals surface area contributed by atoms with Crippen molar-refractivity contribution in [3.8, 4) is 0 Å². The first-order valence-electron chi connectivity index (χ1n) is 6.07. The van der Waals surface area contributed by atoms with Crippen molar-refractivity contribution in [2.24, 2.45) is 0 Å². The number of rotatable bonds is 8. The van der Waals surface area contributed by atoms with Crippen LogP contribution in [0.1, 0.15) is 39.5 Å². The van der Waals surface area contributed by atoms with E-state index in [2.05, 4.69) is 24.3 Å². The van der Waals surface area contributed by atoms with Gasteiger partial charge in [-0.05, 0) is 18.9 Å². The van der Waals surface area contributed by atoms with Crippen molar-refractivity contribution < 1.29 is 0 Å². The van der Waals surface area contributed by atoms with Gasteiger partial charge in [-0.3, -0.25) is 4.68 Å². The predicted octanol–water partition coefficient (Wildman–Crippen LogP) is 2.44. The van der Waals surface area contributed by atoms with Gasteiger partial charge in [0.15, 0.2) is 0 Å². The minimum absolute atomic E-state index is 0.681. The van der Waals surface area contributed by atoms with E-state index in [1.807, 2.05) is 23.1 Å². The molecule has 1 heterocycles. The molecule has 15 heavy (non-hydrogen) atoms. The van der Waals surface area contributed by atoms with Crippen molar-refractivity contribution in [3.05, 3.63) is 18.5 Å². The Bertz CT molecular complexity index is 231. The summed E-state index contributed by atoms with van der Waals surface area (Å²) in [6.45, 7) is 6.48. The molecule has 0 radical (unpaired) electrons. The van der Waals surface area contributed by atoms with E-state index in [0.717, 1.165) is 13.1 Å². The van der Waals surface area contributed by atoms with Crippen LogP contribution in [0.2, 0.25) is 0 Å². The summed E-state index contributed by atoms with van der Waals surface area (Å²) in [7, 11) is 0. The number of hydrogen-bond acceptors (Lipinski definition) is 2. The average molecular weight is 209 g/mol. The van der Waals surface area contributed by atoms with Gasteiger partial charge in [-0.15, -0.1) is 0 Å². The van der Waals surface area contributed by atoms with E-state index in [4.69, 9.17) is 0 Å². The molecule has 0 aliphatic heterocycles. The van der Waals surface area contributed by atoms with Gasteiger partial charge in [0.25, 0.3) is 0 Å². The Balaban J connectivity index is 2.11. The van der Waals surface area contributed by atoms with Crippen LogP contribution in [0.5, 0.6) is 0 Å². The highest BCUT2D eigenvalue weighted by atomic mass is 15.3. The molecule has 86 valence electrons. The molecule has 0 aromatic carbocycles. The predicted molar refractivity (Wildman–Crippen MR) is 63.8 cm³/mol. The molecule has 0 spiro atoms. The van der Waals surface area contributed by atoms with Crippen LogP contribution in [0.3, 0.4) is 0 Å². The summed E-state index contributed by atoms with van der Waals surface area (Å²) in [6.07, 6.45) is 8.97. The van der Waals surface area contributed by atoms with E-state index >= 15 is 0 Å². The maximum Gasteiger partial charge on any atom is 0.0534 e. The number of hydrogen-bond donors (Lipinski definition) is 1. The molecule has 0 saturated heterocycles. The molecule has 0 aliphatic rings. The molecule has 1 atom stereocenters. The van der Waals surface area contributed by atoms with Crippen molar-refractivity contribution >= 4 is 0 Å². The monoisotopic (exact) mass is 209 g/mol. The van der Waals surface area contributed by atoms with Crippen molar-refractivity contribution in [2.75, 3.05) is 6.54 Å². The summed E-state index contributed by atoms with van der Waals surface area (Å²) >= 11 is 0. The molecular weight excluding hydrogens is 186 g/mol. The zero-order chi connectivity index (χ0) is 10.9. The Morgan fingerprint density at radius 2 is 2.27 bits per heavy atom. The maximum absolute atomic E-state index is 4.18. The molecule has 1 aromatic rings. The molecule has 3 nitrogen and oxygen atoms in total. The fraction of sp³-hybridized carbons (Fsp3) is 0.750. The first-order valence-corrected chi connectivity index (χ1v) is 6.07. The smallest absolute Gasteiger partial charge is 0.0534 e. The van der Waals surface area contributed by atoms with Gasteiger partial charge in [-0.1, -0.05) is 26.7 Å². The third kappa shape index (κ3) is 4.98. The normalized spacial score (nSPS) is 12.9. The second-order valence-corrected chi connectivity index (χ2v) is 3.97. The number of aromatic nitrogens is 2. The molecular formula is C12H23N3. The van der Waals surface area contributed by atoms with Crippen LogP contribution in [0, 0.1) is 0 Å². The summed E-state index contributed by atoms with van der Waals surface area (Å²) in [5, 5.41) is 7.76. The van der Waals surface area contributed by atoms with E-state index in [0.29, 0.717) is 6.04 Å². The molecule has 1 N–H and O–H groups in total. The summed E-state index contributed by atoms with van der Waals surface area (Å²) in [5.74, 6) is 0. The molecule has 0 fully saturated rings. The van der Waals surface area contributed by atoms with Gasteiger partial charge in [-0.25, -0.2) is 0 Å². The Labute approximate surface area is 92.9 Å². The van der Waals surface area contributed by atoms with Gasteiger partial charge in [0, 0.05) is 25.0 Å². The minimum Gasteiger partial charge on any atom is -0.312 e. The van der Waals surface area contributed by atoms with Gasteiger partial charge < -0.3 is 5.32 Å². The van der Waals surface area contributed by atoms with Gasteiger partial charge >= 0.3 is 0 Å². The molecule has 0 amide bonds. The summed E-state index contributed by atoms with van der Waals surface area (Å²) in [6, 6.07) is 2.65. The summed E-state index contributed by atoms with van der Waals surface area (Å²) < 4.78 is 1.97. The Morgan fingerprint density at radius 1 is 1.40 bits per heavy atom. The minimum atomic E-state index is 0.681. The fourth-order valence-corrected chi connectivity index (χ4v) is 1.72. The highest BCUT2D eigenvalue weighted by Gasteiger charge is 2.03. The van der Waals surface area contributed by atoms with Crippen LogP contribution in [0.15, 0.2) is 18.5 Å². The second kappa shape index (κ2) is 7.46. The standard InChI is InChI=1S/C12H23N3/c1-3-5-7-12(4-2)13-9-11-15-10-6-8-14-15/h6,8,10,12-13H,3-5,7,9,11H2,1-2H3. The SMILES string of the molecule is CCCCC(CC)NCCn1cccn1. The van der Waals surface area contributed by atoms with E-state index in [1.54, 1.807) is 0 Å². The number of nitrogens with zero attached hydrogens (tertiary/aromatic N) is 2. The molecule has 0 saturated carbocycles. The van der Waals surface area contributed by atoms with Gasteiger partial charge in [0.1, 0.15) is 0 Å². The molecule has 3 heteroatoms. The van der Waals surface area contributed by atoms with E-state index in [-0.39, 0.29) is 0 Å². The highest BCUT2D eigenvalue weighted by molar-refractivity contribution is 4.78. The third-order valence-corrected chi connectivity index (χ3v) is 2.73. The first-order chi connectivity index (χ1) is 7.36. The molecule has 1 unspecified atom stereocenters. The van der Waals surface area contributed by atoms with Crippen molar-refractivity contribution in [3.63, 3.8) is 0 Å². The maximum atomic E-state index is 4.18. The van der Waals surface area contributed by atoms with E-state index < -0.39 is 0 Å². The van der Waals surface area contributed by atoms with Gasteiger partial charge in [-0.2, -0.15) is 5.10 Å². The third-order valence-electron chi connectivity index (χ3n) is 2.73. The zero-order valence-corrected chi connectivity index (χ0v) is 9.95. The molecule has 0 bridgehead atoms. The lowest BCUT2D eigenvalue weighted by Crippen LogP contribution is -2.31. The second-order valence-electron chi connectivity index (χ2n) is 3.97. The lowest BCUT2D eigenvalue weighted by Gasteiger charge is -2.16. The Kier molecular flexibility index (Phi) is 6.09. The van der Waals surface area contributed by atoms with Crippen LogP contribution in [-0.2, 0) is 6.54 Å². The average Bonchev–Trinajstić information content (AvgIpc) is 2.76. The summed E-state index contributed by atoms with van der Waals surface area (Å²) in [4.78, 5) is 0. The van der Waals surface area contributed by atoms with Crippen LogP contribution < -0.4 is 5.32 Å². The summed E-state index contributed by atoms with van der Waals surface area (Å²) in [5.41, 5.74) is 0. The van der Waals surface area contributed by atoms with Crippen LogP contribution in [0.4, 0.5) is 0 Å². The van der Waals surface area contributed by atoms with Crippen LogP contribution in [-0.4, -0.2) is 22.4 Å².